The lowest BCUT2D eigenvalue weighted by atomic mass is 10.0. The van der Waals surface area contributed by atoms with Crippen LogP contribution in [0.1, 0.15) is 58.2 Å². The first kappa shape index (κ1) is 25.6. The van der Waals surface area contributed by atoms with Crippen LogP contribution in [0.5, 0.6) is 0 Å². The number of carbonyl (C=O) groups excluding carboxylic acids is 1. The molecule has 0 fully saturated rings. The minimum atomic E-state index is -4.39. The average molecular weight is 481 g/mol. The molecule has 2 heterocycles. The summed E-state index contributed by atoms with van der Waals surface area (Å²) in [6, 6.07) is 4.50. The number of benzene rings is 1. The third-order valence-corrected chi connectivity index (χ3v) is 5.34. The van der Waals surface area contributed by atoms with E-state index in [4.69, 9.17) is 9.57 Å². The molecule has 34 heavy (non-hydrogen) atoms. The number of rotatable bonds is 4. The van der Waals surface area contributed by atoms with Crippen LogP contribution < -0.4 is 5.32 Å². The monoisotopic (exact) mass is 480 g/mol. The first-order valence-electron chi connectivity index (χ1n) is 11.1. The first-order chi connectivity index (χ1) is 15.8. The van der Waals surface area contributed by atoms with E-state index in [2.05, 4.69) is 16.9 Å². The van der Waals surface area contributed by atoms with Gasteiger partial charge in [0, 0.05) is 24.2 Å². The molecule has 0 unspecified atom stereocenters. The fraction of sp³-hybridized carbons (Fsp3) is 0.500. The Morgan fingerprint density at radius 2 is 1.88 bits per heavy atom. The second kappa shape index (κ2) is 9.69. The van der Waals surface area contributed by atoms with Crippen LogP contribution in [0.2, 0.25) is 0 Å². The van der Waals surface area contributed by atoms with Crippen LogP contribution in [0.4, 0.5) is 18.0 Å². The molecule has 0 radical (unpaired) electrons. The van der Waals surface area contributed by atoms with Crippen LogP contribution in [0.25, 0.3) is 0 Å². The molecule has 2 aliphatic rings. The fourth-order valence-electron chi connectivity index (χ4n) is 3.65. The Morgan fingerprint density at radius 3 is 2.44 bits per heavy atom. The Morgan fingerprint density at radius 1 is 1.24 bits per heavy atom. The first-order valence-corrected chi connectivity index (χ1v) is 11.1. The Bertz CT molecular complexity index is 994. The van der Waals surface area contributed by atoms with Crippen LogP contribution in [0.15, 0.2) is 52.8 Å². The van der Waals surface area contributed by atoms with Crippen LogP contribution >= 0.6 is 0 Å². The number of nitrogens with zero attached hydrogens (tertiary/aromatic N) is 3. The normalized spacial score (nSPS) is 19.2. The van der Waals surface area contributed by atoms with Crippen molar-refractivity contribution in [3.8, 4) is 0 Å². The summed E-state index contributed by atoms with van der Waals surface area (Å²) in [5, 5.41) is 4.75. The molecule has 1 amide bonds. The van der Waals surface area contributed by atoms with Crippen molar-refractivity contribution >= 4 is 12.1 Å². The Labute approximate surface area is 197 Å². The Balaban J connectivity index is 1.83. The highest BCUT2D eigenvalue weighted by molar-refractivity contribution is 5.86. The van der Waals surface area contributed by atoms with E-state index in [0.29, 0.717) is 43.3 Å². The van der Waals surface area contributed by atoms with Crippen molar-refractivity contribution in [1.29, 1.82) is 0 Å². The lowest BCUT2D eigenvalue weighted by molar-refractivity contribution is -0.137. The third kappa shape index (κ3) is 5.91. The standard InChI is InChI=1S/C24H31F3N4O3/c1-7-33-31-16(3)19-14-30(22(32)34-23(4,5)6)13-12-20(19)29-21(31)28-15(2)17-8-10-18(11-9-17)24(25,26)27/h8-11,15H,3,7,12-14H2,1-2,4-6H3,(H,28,29)/t15-/m0/s1. The van der Waals surface area contributed by atoms with Crippen molar-refractivity contribution in [3.63, 3.8) is 0 Å². The van der Waals surface area contributed by atoms with Gasteiger partial charge < -0.3 is 15.0 Å². The number of ether oxygens (including phenoxy) is 1. The number of hydrogen-bond donors (Lipinski definition) is 1. The van der Waals surface area contributed by atoms with E-state index < -0.39 is 29.5 Å². The number of nitrogens with one attached hydrogen (secondary N) is 1. The number of carbonyl (C=O) groups is 1. The molecular formula is C24H31F3N4O3. The van der Waals surface area contributed by atoms with E-state index >= 15 is 0 Å². The Hall–Kier alpha value is -3.01. The molecule has 0 spiro atoms. The molecule has 10 heteroatoms. The number of amides is 1. The molecule has 0 saturated carbocycles. The summed E-state index contributed by atoms with van der Waals surface area (Å²) in [6.07, 6.45) is -4.24. The largest absolute Gasteiger partial charge is 0.444 e. The maximum Gasteiger partial charge on any atom is 0.416 e. The Kier molecular flexibility index (Phi) is 7.30. The van der Waals surface area contributed by atoms with Crippen molar-refractivity contribution in [1.82, 2.24) is 15.3 Å². The summed E-state index contributed by atoms with van der Waals surface area (Å²) in [4.78, 5) is 24.6. The molecule has 0 saturated heterocycles. The summed E-state index contributed by atoms with van der Waals surface area (Å²) in [5.74, 6) is 0.392. The zero-order valence-corrected chi connectivity index (χ0v) is 20.1. The van der Waals surface area contributed by atoms with Gasteiger partial charge in [0.2, 0.25) is 5.96 Å². The van der Waals surface area contributed by atoms with E-state index in [1.165, 1.54) is 17.2 Å². The van der Waals surface area contributed by atoms with E-state index in [-0.39, 0.29) is 0 Å². The summed E-state index contributed by atoms with van der Waals surface area (Å²) in [6.45, 7) is 14.3. The number of halogens is 3. The van der Waals surface area contributed by atoms with Crippen LogP contribution in [0, 0.1) is 0 Å². The molecule has 2 aliphatic heterocycles. The van der Waals surface area contributed by atoms with E-state index in [0.717, 1.165) is 23.4 Å². The van der Waals surface area contributed by atoms with Gasteiger partial charge >= 0.3 is 12.3 Å². The van der Waals surface area contributed by atoms with Crippen molar-refractivity contribution < 1.29 is 27.5 Å². The second-order valence-electron chi connectivity index (χ2n) is 9.14. The summed E-state index contributed by atoms with van der Waals surface area (Å²) >= 11 is 0. The minimum absolute atomic E-state index is 0.307. The van der Waals surface area contributed by atoms with Crippen molar-refractivity contribution in [3.05, 3.63) is 58.9 Å². The van der Waals surface area contributed by atoms with Crippen molar-refractivity contribution in [2.75, 3.05) is 19.7 Å². The molecule has 0 aliphatic carbocycles. The van der Waals surface area contributed by atoms with Gasteiger partial charge in [0.1, 0.15) is 5.60 Å². The zero-order valence-electron chi connectivity index (χ0n) is 20.1. The summed E-state index contributed by atoms with van der Waals surface area (Å²) < 4.78 is 44.1. The van der Waals surface area contributed by atoms with Gasteiger partial charge in [-0.25, -0.2) is 9.79 Å². The molecule has 3 rings (SSSR count). The molecule has 7 nitrogen and oxygen atoms in total. The van der Waals surface area contributed by atoms with Gasteiger partial charge in [-0.1, -0.05) is 18.7 Å². The molecule has 1 aromatic rings. The highest BCUT2D eigenvalue weighted by Crippen LogP contribution is 2.32. The predicted octanol–water partition coefficient (Wildman–Crippen LogP) is 5.39. The molecule has 1 atom stereocenters. The molecule has 0 bridgehead atoms. The number of guanidine groups is 1. The summed E-state index contributed by atoms with van der Waals surface area (Å²) in [5.41, 5.74) is 1.55. The quantitative estimate of drug-likeness (QED) is 0.626. The van der Waals surface area contributed by atoms with Crippen molar-refractivity contribution in [2.24, 2.45) is 4.99 Å². The minimum Gasteiger partial charge on any atom is -0.444 e. The van der Waals surface area contributed by atoms with Gasteiger partial charge in [0.25, 0.3) is 0 Å². The van der Waals surface area contributed by atoms with Crippen molar-refractivity contribution in [2.45, 2.75) is 58.9 Å². The van der Waals surface area contributed by atoms with Gasteiger partial charge in [-0.2, -0.15) is 18.2 Å². The lowest BCUT2D eigenvalue weighted by Crippen LogP contribution is -2.51. The highest BCUT2D eigenvalue weighted by atomic mass is 19.4. The second-order valence-corrected chi connectivity index (χ2v) is 9.14. The van der Waals surface area contributed by atoms with Gasteiger partial charge in [-0.05, 0) is 52.3 Å². The summed E-state index contributed by atoms with van der Waals surface area (Å²) in [7, 11) is 0. The molecule has 1 aromatic carbocycles. The van der Waals surface area contributed by atoms with Gasteiger partial charge in [0.15, 0.2) is 0 Å². The topological polar surface area (TPSA) is 66.4 Å². The smallest absolute Gasteiger partial charge is 0.416 e. The SMILES string of the molecule is C=C1C2=C(CCN(C(=O)OC(C)(C)C)C2)NC(=N[C@@H](C)c2ccc(C(F)(F)F)cc2)N1OCC. The molecular weight excluding hydrogens is 449 g/mol. The lowest BCUT2D eigenvalue weighted by Gasteiger charge is -2.40. The van der Waals surface area contributed by atoms with E-state index in [9.17, 15) is 18.0 Å². The number of alkyl halides is 3. The van der Waals surface area contributed by atoms with Crippen LogP contribution in [-0.4, -0.2) is 47.3 Å². The predicted molar refractivity (Wildman–Crippen MR) is 122 cm³/mol. The third-order valence-electron chi connectivity index (χ3n) is 5.34. The number of hydrogen-bond acceptors (Lipinski definition) is 4. The van der Waals surface area contributed by atoms with E-state index in [1.54, 1.807) is 11.8 Å². The van der Waals surface area contributed by atoms with E-state index in [1.807, 2.05) is 27.7 Å². The zero-order chi connectivity index (χ0) is 25.3. The molecule has 0 aromatic heterocycles. The molecule has 186 valence electrons. The maximum atomic E-state index is 12.9. The van der Waals surface area contributed by atoms with Gasteiger partial charge in [-0.3, -0.25) is 4.84 Å². The highest BCUT2D eigenvalue weighted by Gasteiger charge is 2.35. The fourth-order valence-corrected chi connectivity index (χ4v) is 3.65. The average Bonchev–Trinajstić information content (AvgIpc) is 2.74. The number of aliphatic imine (C=N–C) groups is 1. The maximum absolute atomic E-state index is 12.9. The molecule has 1 N–H and O–H groups in total. The van der Waals surface area contributed by atoms with Crippen LogP contribution in [-0.2, 0) is 15.8 Å². The van der Waals surface area contributed by atoms with Gasteiger partial charge in [0.05, 0.1) is 30.5 Å². The number of hydroxylamine groups is 2. The van der Waals surface area contributed by atoms with Gasteiger partial charge in [-0.15, -0.1) is 0 Å². The van der Waals surface area contributed by atoms with Crippen LogP contribution in [0.3, 0.4) is 0 Å².